The summed E-state index contributed by atoms with van der Waals surface area (Å²) in [5.74, 6) is 0. The fourth-order valence-corrected chi connectivity index (χ4v) is 3.52. The summed E-state index contributed by atoms with van der Waals surface area (Å²) in [6.07, 6.45) is 2.61. The van der Waals surface area contributed by atoms with Crippen molar-refractivity contribution in [2.45, 2.75) is 31.8 Å². The van der Waals surface area contributed by atoms with Crippen LogP contribution in [-0.4, -0.2) is 55.2 Å². The zero-order valence-electron chi connectivity index (χ0n) is 12.5. The highest BCUT2D eigenvalue weighted by atomic mass is 16.5. The third-order valence-electron chi connectivity index (χ3n) is 4.89. The van der Waals surface area contributed by atoms with Crippen LogP contribution in [0.3, 0.4) is 0 Å². The summed E-state index contributed by atoms with van der Waals surface area (Å²) in [6.45, 7) is 8.86. The Bertz CT molecular complexity index is 395. The zero-order chi connectivity index (χ0) is 13.8. The highest BCUT2D eigenvalue weighted by Gasteiger charge is 2.27. The lowest BCUT2D eigenvalue weighted by Gasteiger charge is -2.42. The average Bonchev–Trinajstić information content (AvgIpc) is 2.56. The molecule has 2 aliphatic heterocycles. The molecular weight excluding hydrogens is 248 g/mol. The Hall–Kier alpha value is -0.900. The summed E-state index contributed by atoms with van der Waals surface area (Å²) in [4.78, 5) is 5.26. The van der Waals surface area contributed by atoms with Gasteiger partial charge in [-0.05, 0) is 25.3 Å². The third kappa shape index (κ3) is 3.22. The molecule has 2 heterocycles. The van der Waals surface area contributed by atoms with Gasteiger partial charge in [-0.15, -0.1) is 0 Å². The first-order valence-electron chi connectivity index (χ1n) is 7.95. The van der Waals surface area contributed by atoms with Gasteiger partial charge in [0.05, 0.1) is 13.2 Å². The highest BCUT2D eigenvalue weighted by molar-refractivity contribution is 5.18. The maximum absolute atomic E-state index is 5.46. The van der Waals surface area contributed by atoms with Gasteiger partial charge in [-0.3, -0.25) is 9.80 Å². The fourth-order valence-electron chi connectivity index (χ4n) is 3.52. The van der Waals surface area contributed by atoms with Crippen molar-refractivity contribution >= 4 is 0 Å². The van der Waals surface area contributed by atoms with E-state index < -0.39 is 0 Å². The Morgan fingerprint density at radius 1 is 1.00 bits per heavy atom. The SMILES string of the molecule is CC(c1ccccc1)N1CCC(N2CCOCC2)CC1. The molecule has 1 aromatic carbocycles. The molecule has 2 aliphatic rings. The largest absolute Gasteiger partial charge is 0.379 e. The van der Waals surface area contributed by atoms with Crippen LogP contribution in [0.15, 0.2) is 30.3 Å². The van der Waals surface area contributed by atoms with Crippen LogP contribution in [0.2, 0.25) is 0 Å². The normalized spacial score (nSPS) is 24.6. The summed E-state index contributed by atoms with van der Waals surface area (Å²) >= 11 is 0. The molecule has 0 N–H and O–H groups in total. The first-order chi connectivity index (χ1) is 9.84. The van der Waals surface area contributed by atoms with Crippen LogP contribution in [0, 0.1) is 0 Å². The number of ether oxygens (including phenoxy) is 1. The highest BCUT2D eigenvalue weighted by Crippen LogP contribution is 2.26. The summed E-state index contributed by atoms with van der Waals surface area (Å²) in [5.41, 5.74) is 1.44. The lowest BCUT2D eigenvalue weighted by molar-refractivity contribution is -0.00260. The Morgan fingerprint density at radius 2 is 1.65 bits per heavy atom. The topological polar surface area (TPSA) is 15.7 Å². The number of likely N-dealkylation sites (tertiary alicyclic amines) is 1. The summed E-state index contributed by atoms with van der Waals surface area (Å²) < 4.78 is 5.46. The Labute approximate surface area is 122 Å². The van der Waals surface area contributed by atoms with Crippen molar-refractivity contribution in [2.75, 3.05) is 39.4 Å². The van der Waals surface area contributed by atoms with Crippen molar-refractivity contribution in [3.63, 3.8) is 0 Å². The van der Waals surface area contributed by atoms with Gasteiger partial charge in [0.2, 0.25) is 0 Å². The lowest BCUT2D eigenvalue weighted by atomic mass is 9.99. The smallest absolute Gasteiger partial charge is 0.0594 e. The lowest BCUT2D eigenvalue weighted by Crippen LogP contribution is -2.49. The van der Waals surface area contributed by atoms with E-state index in [0.717, 1.165) is 32.3 Å². The van der Waals surface area contributed by atoms with Crippen LogP contribution in [0.5, 0.6) is 0 Å². The van der Waals surface area contributed by atoms with Gasteiger partial charge in [0, 0.05) is 38.3 Å². The van der Waals surface area contributed by atoms with Crippen LogP contribution < -0.4 is 0 Å². The fraction of sp³-hybridized carbons (Fsp3) is 0.647. The van der Waals surface area contributed by atoms with Crippen molar-refractivity contribution in [3.05, 3.63) is 35.9 Å². The van der Waals surface area contributed by atoms with Crippen LogP contribution >= 0.6 is 0 Å². The van der Waals surface area contributed by atoms with Gasteiger partial charge < -0.3 is 4.74 Å². The zero-order valence-corrected chi connectivity index (χ0v) is 12.5. The average molecular weight is 274 g/mol. The van der Waals surface area contributed by atoms with Crippen LogP contribution in [-0.2, 0) is 4.74 Å². The van der Waals surface area contributed by atoms with E-state index in [-0.39, 0.29) is 0 Å². The van der Waals surface area contributed by atoms with Crippen molar-refractivity contribution < 1.29 is 4.74 Å². The van der Waals surface area contributed by atoms with E-state index in [9.17, 15) is 0 Å². The number of benzene rings is 1. The molecule has 20 heavy (non-hydrogen) atoms. The molecule has 0 aliphatic carbocycles. The van der Waals surface area contributed by atoms with Gasteiger partial charge >= 0.3 is 0 Å². The second-order valence-electron chi connectivity index (χ2n) is 6.00. The number of nitrogens with zero attached hydrogens (tertiary/aromatic N) is 2. The number of piperidine rings is 1. The quantitative estimate of drug-likeness (QED) is 0.842. The van der Waals surface area contributed by atoms with Gasteiger partial charge in [0.25, 0.3) is 0 Å². The van der Waals surface area contributed by atoms with Gasteiger partial charge in [0.15, 0.2) is 0 Å². The monoisotopic (exact) mass is 274 g/mol. The van der Waals surface area contributed by atoms with Gasteiger partial charge in [-0.1, -0.05) is 30.3 Å². The Balaban J connectivity index is 1.53. The number of rotatable bonds is 3. The predicted molar refractivity (Wildman–Crippen MR) is 81.8 cm³/mol. The maximum Gasteiger partial charge on any atom is 0.0594 e. The summed E-state index contributed by atoms with van der Waals surface area (Å²) in [6, 6.07) is 12.2. The Kier molecular flexibility index (Phi) is 4.71. The van der Waals surface area contributed by atoms with E-state index in [1.807, 2.05) is 0 Å². The van der Waals surface area contributed by atoms with E-state index in [0.29, 0.717) is 6.04 Å². The van der Waals surface area contributed by atoms with Crippen molar-refractivity contribution in [3.8, 4) is 0 Å². The molecule has 0 radical (unpaired) electrons. The Morgan fingerprint density at radius 3 is 2.30 bits per heavy atom. The molecule has 0 saturated carbocycles. The molecule has 0 amide bonds. The first kappa shape index (κ1) is 14.1. The maximum atomic E-state index is 5.46. The van der Waals surface area contributed by atoms with Gasteiger partial charge in [-0.2, -0.15) is 0 Å². The van der Waals surface area contributed by atoms with E-state index in [1.54, 1.807) is 0 Å². The first-order valence-corrected chi connectivity index (χ1v) is 7.95. The number of morpholine rings is 1. The summed E-state index contributed by atoms with van der Waals surface area (Å²) in [5, 5.41) is 0. The second-order valence-corrected chi connectivity index (χ2v) is 6.00. The van der Waals surface area contributed by atoms with Crippen LogP contribution in [0.1, 0.15) is 31.4 Å². The minimum absolute atomic E-state index is 0.543. The van der Waals surface area contributed by atoms with E-state index in [1.165, 1.54) is 31.5 Å². The molecule has 0 spiro atoms. The van der Waals surface area contributed by atoms with Crippen LogP contribution in [0.25, 0.3) is 0 Å². The minimum atomic E-state index is 0.543. The predicted octanol–water partition coefficient (Wildman–Crippen LogP) is 2.54. The molecular formula is C17H26N2O. The molecule has 2 fully saturated rings. The molecule has 3 nitrogen and oxygen atoms in total. The van der Waals surface area contributed by atoms with E-state index >= 15 is 0 Å². The van der Waals surface area contributed by atoms with E-state index in [2.05, 4.69) is 47.1 Å². The minimum Gasteiger partial charge on any atom is -0.379 e. The number of hydrogen-bond acceptors (Lipinski definition) is 3. The van der Waals surface area contributed by atoms with Crippen molar-refractivity contribution in [1.82, 2.24) is 9.80 Å². The van der Waals surface area contributed by atoms with Gasteiger partial charge in [-0.25, -0.2) is 0 Å². The molecule has 2 saturated heterocycles. The second kappa shape index (κ2) is 6.70. The molecule has 1 aromatic rings. The molecule has 3 heteroatoms. The molecule has 3 rings (SSSR count). The number of hydrogen-bond donors (Lipinski definition) is 0. The molecule has 110 valence electrons. The molecule has 1 atom stereocenters. The van der Waals surface area contributed by atoms with Gasteiger partial charge in [0.1, 0.15) is 0 Å². The molecule has 0 bridgehead atoms. The van der Waals surface area contributed by atoms with Crippen LogP contribution in [0.4, 0.5) is 0 Å². The molecule has 1 unspecified atom stereocenters. The van der Waals surface area contributed by atoms with Crippen molar-refractivity contribution in [2.24, 2.45) is 0 Å². The van der Waals surface area contributed by atoms with E-state index in [4.69, 9.17) is 4.74 Å². The molecule has 0 aromatic heterocycles. The standard InChI is InChI=1S/C17H26N2O/c1-15(16-5-3-2-4-6-16)18-9-7-17(8-10-18)19-11-13-20-14-12-19/h2-6,15,17H,7-14H2,1H3. The van der Waals surface area contributed by atoms with Crippen molar-refractivity contribution in [1.29, 1.82) is 0 Å². The third-order valence-corrected chi connectivity index (χ3v) is 4.89. The summed E-state index contributed by atoms with van der Waals surface area (Å²) in [7, 11) is 0.